The first-order valence-electron chi connectivity index (χ1n) is 5.44. The molecule has 4 nitrogen and oxygen atoms in total. The van der Waals surface area contributed by atoms with Crippen molar-refractivity contribution in [2.45, 2.75) is 19.8 Å². The van der Waals surface area contributed by atoms with Gasteiger partial charge in [-0.05, 0) is 12.8 Å². The van der Waals surface area contributed by atoms with E-state index in [1.165, 1.54) is 12.8 Å². The minimum Gasteiger partial charge on any atom is -0.459 e. The number of hydrogen-bond donors (Lipinski definition) is 1. The van der Waals surface area contributed by atoms with Gasteiger partial charge in [-0.2, -0.15) is 0 Å². The van der Waals surface area contributed by atoms with Gasteiger partial charge in [-0.15, -0.1) is 0 Å². The minimum absolute atomic E-state index is 0.226. The molecule has 1 rings (SSSR count). The summed E-state index contributed by atoms with van der Waals surface area (Å²) < 4.78 is 5.11. The van der Waals surface area contributed by atoms with Crippen molar-refractivity contribution in [1.82, 2.24) is 4.90 Å². The highest BCUT2D eigenvalue weighted by atomic mass is 16.5. The number of esters is 1. The quantitative estimate of drug-likeness (QED) is 0.683. The van der Waals surface area contributed by atoms with Crippen LogP contribution in [-0.2, 0) is 9.53 Å². The van der Waals surface area contributed by atoms with E-state index in [0.29, 0.717) is 13.2 Å². The van der Waals surface area contributed by atoms with Gasteiger partial charge in [-0.25, -0.2) is 0 Å². The summed E-state index contributed by atoms with van der Waals surface area (Å²) in [5.74, 6) is -0.464. The zero-order chi connectivity index (χ0) is 11.3. The van der Waals surface area contributed by atoms with Crippen LogP contribution < -0.4 is 5.73 Å². The number of ether oxygens (including phenoxy) is 1. The summed E-state index contributed by atoms with van der Waals surface area (Å²) in [5.41, 5.74) is 6.26. The highest BCUT2D eigenvalue weighted by molar-refractivity contribution is 5.72. The van der Waals surface area contributed by atoms with Gasteiger partial charge in [0.15, 0.2) is 0 Å². The third-order valence-corrected chi connectivity index (χ3v) is 2.69. The molecule has 0 saturated carbocycles. The lowest BCUT2D eigenvalue weighted by Crippen LogP contribution is -2.26. The monoisotopic (exact) mass is 212 g/mol. The van der Waals surface area contributed by atoms with Crippen LogP contribution in [-0.4, -0.2) is 37.1 Å². The third kappa shape index (κ3) is 3.55. The van der Waals surface area contributed by atoms with Gasteiger partial charge in [0.2, 0.25) is 0 Å². The van der Waals surface area contributed by atoms with E-state index in [2.05, 4.69) is 11.5 Å². The van der Waals surface area contributed by atoms with Gasteiger partial charge in [0, 0.05) is 25.3 Å². The first-order chi connectivity index (χ1) is 7.15. The summed E-state index contributed by atoms with van der Waals surface area (Å²) in [6, 6.07) is 0. The summed E-state index contributed by atoms with van der Waals surface area (Å²) in [6.07, 6.45) is 2.40. The van der Waals surface area contributed by atoms with Crippen LogP contribution in [0.2, 0.25) is 0 Å². The van der Waals surface area contributed by atoms with Gasteiger partial charge in [0.05, 0.1) is 5.92 Å². The van der Waals surface area contributed by atoms with Gasteiger partial charge >= 0.3 is 5.97 Å². The molecule has 0 amide bonds. The zero-order valence-corrected chi connectivity index (χ0v) is 9.37. The van der Waals surface area contributed by atoms with Crippen LogP contribution in [0.25, 0.3) is 0 Å². The van der Waals surface area contributed by atoms with Crippen molar-refractivity contribution in [3.05, 3.63) is 12.3 Å². The second-order valence-corrected chi connectivity index (χ2v) is 4.00. The molecule has 0 aliphatic carbocycles. The van der Waals surface area contributed by atoms with Crippen LogP contribution in [0, 0.1) is 5.92 Å². The predicted octanol–water partition coefficient (Wildman–Crippen LogP) is 0.734. The second-order valence-electron chi connectivity index (χ2n) is 4.00. The highest BCUT2D eigenvalue weighted by Gasteiger charge is 2.16. The number of rotatable bonds is 5. The molecule has 0 aromatic heterocycles. The summed E-state index contributed by atoms with van der Waals surface area (Å²) >= 11 is 0. The molecule has 1 saturated heterocycles. The molecule has 2 N–H and O–H groups in total. The Morgan fingerprint density at radius 3 is 2.67 bits per heavy atom. The molecular weight excluding hydrogens is 192 g/mol. The van der Waals surface area contributed by atoms with E-state index >= 15 is 0 Å². The van der Waals surface area contributed by atoms with E-state index in [9.17, 15) is 4.79 Å². The molecule has 0 aromatic carbocycles. The summed E-state index contributed by atoms with van der Waals surface area (Å²) in [5, 5.41) is 0. The van der Waals surface area contributed by atoms with Crippen molar-refractivity contribution in [2.24, 2.45) is 11.7 Å². The largest absolute Gasteiger partial charge is 0.459 e. The molecule has 1 aliphatic rings. The minimum atomic E-state index is -0.238. The summed E-state index contributed by atoms with van der Waals surface area (Å²) in [6.45, 7) is 8.36. The lowest BCUT2D eigenvalue weighted by molar-refractivity contribution is -0.146. The van der Waals surface area contributed by atoms with Crippen LogP contribution in [0.3, 0.4) is 0 Å². The normalized spacial score (nSPS) is 17.6. The molecular formula is C11H20N2O2. The Bertz CT molecular complexity index is 235. The number of carbonyl (C=O) groups is 1. The van der Waals surface area contributed by atoms with Gasteiger partial charge in [-0.3, -0.25) is 4.79 Å². The Balaban J connectivity index is 2.24. The number of nitrogens with two attached hydrogens (primary N) is 1. The fraction of sp³-hybridized carbons (Fsp3) is 0.727. The van der Waals surface area contributed by atoms with Gasteiger partial charge in [0.1, 0.15) is 6.61 Å². The number of carbonyl (C=O) groups excluding carboxylic acids is 1. The number of likely N-dealkylation sites (tertiary alicyclic amines) is 1. The molecule has 1 atom stereocenters. The predicted molar refractivity (Wildman–Crippen MR) is 59.1 cm³/mol. The lowest BCUT2D eigenvalue weighted by Gasteiger charge is -2.20. The maximum Gasteiger partial charge on any atom is 0.310 e. The number of hydrogen-bond acceptors (Lipinski definition) is 4. The maximum atomic E-state index is 11.3. The van der Waals surface area contributed by atoms with E-state index in [1.54, 1.807) is 6.92 Å². The first kappa shape index (κ1) is 12.0. The average molecular weight is 212 g/mol. The van der Waals surface area contributed by atoms with Crippen LogP contribution in [0.4, 0.5) is 0 Å². The van der Waals surface area contributed by atoms with Crippen molar-refractivity contribution < 1.29 is 9.53 Å². The van der Waals surface area contributed by atoms with Gasteiger partial charge in [-0.1, -0.05) is 13.5 Å². The lowest BCUT2D eigenvalue weighted by atomic mass is 10.2. The fourth-order valence-electron chi connectivity index (χ4n) is 1.52. The average Bonchev–Trinajstić information content (AvgIpc) is 2.77. The maximum absolute atomic E-state index is 11.3. The molecule has 0 spiro atoms. The van der Waals surface area contributed by atoms with Gasteiger partial charge in [0.25, 0.3) is 0 Å². The molecule has 0 aromatic rings. The molecule has 86 valence electrons. The fourth-order valence-corrected chi connectivity index (χ4v) is 1.52. The summed E-state index contributed by atoms with van der Waals surface area (Å²) in [7, 11) is 0. The van der Waals surface area contributed by atoms with E-state index in [1.807, 2.05) is 0 Å². The highest BCUT2D eigenvalue weighted by Crippen LogP contribution is 2.13. The number of nitrogens with zero attached hydrogens (tertiary/aromatic N) is 1. The Morgan fingerprint density at radius 1 is 1.53 bits per heavy atom. The molecule has 0 radical (unpaired) electrons. The Labute approximate surface area is 91.1 Å². The van der Waals surface area contributed by atoms with Crippen LogP contribution in [0.5, 0.6) is 0 Å². The molecule has 1 aliphatic heterocycles. The van der Waals surface area contributed by atoms with Crippen molar-refractivity contribution in [1.29, 1.82) is 0 Å². The van der Waals surface area contributed by atoms with E-state index in [4.69, 9.17) is 10.5 Å². The van der Waals surface area contributed by atoms with Crippen LogP contribution in [0.1, 0.15) is 19.8 Å². The summed E-state index contributed by atoms with van der Waals surface area (Å²) in [4.78, 5) is 13.5. The van der Waals surface area contributed by atoms with Crippen molar-refractivity contribution in [3.8, 4) is 0 Å². The molecule has 4 heteroatoms. The van der Waals surface area contributed by atoms with E-state index in [0.717, 1.165) is 18.8 Å². The van der Waals surface area contributed by atoms with Crippen molar-refractivity contribution in [3.63, 3.8) is 0 Å². The standard InChI is InChI=1S/C11H20N2O2/c1-9(7-12)11(14)15-8-10(2)13-5-3-4-6-13/h9H,2-8,12H2,1H3/t9-/m1/s1. The molecule has 0 unspecified atom stereocenters. The Morgan fingerprint density at radius 2 is 2.13 bits per heavy atom. The van der Waals surface area contributed by atoms with Crippen LogP contribution in [0.15, 0.2) is 12.3 Å². The second kappa shape index (κ2) is 5.75. The van der Waals surface area contributed by atoms with Crippen LogP contribution >= 0.6 is 0 Å². The Kier molecular flexibility index (Phi) is 4.62. The van der Waals surface area contributed by atoms with E-state index < -0.39 is 0 Å². The zero-order valence-electron chi connectivity index (χ0n) is 9.37. The van der Waals surface area contributed by atoms with Gasteiger partial charge < -0.3 is 15.4 Å². The molecule has 0 bridgehead atoms. The Hall–Kier alpha value is -1.03. The SMILES string of the molecule is C=C(COC(=O)[C@H](C)CN)N1CCCC1. The topological polar surface area (TPSA) is 55.6 Å². The van der Waals surface area contributed by atoms with E-state index in [-0.39, 0.29) is 11.9 Å². The first-order valence-corrected chi connectivity index (χ1v) is 5.44. The molecule has 1 heterocycles. The van der Waals surface area contributed by atoms with Crippen molar-refractivity contribution in [2.75, 3.05) is 26.2 Å². The van der Waals surface area contributed by atoms with Crippen molar-refractivity contribution >= 4 is 5.97 Å². The third-order valence-electron chi connectivity index (χ3n) is 2.69. The molecule has 15 heavy (non-hydrogen) atoms. The smallest absolute Gasteiger partial charge is 0.310 e. The molecule has 1 fully saturated rings.